The molecule has 1 saturated heterocycles. The first-order valence-electron chi connectivity index (χ1n) is 5.26. The van der Waals surface area contributed by atoms with Gasteiger partial charge in [-0.05, 0) is 12.8 Å². The van der Waals surface area contributed by atoms with Gasteiger partial charge in [-0.15, -0.1) is 0 Å². The van der Waals surface area contributed by atoms with E-state index in [2.05, 4.69) is 14.9 Å². The van der Waals surface area contributed by atoms with E-state index in [1.165, 1.54) is 12.8 Å². The molecule has 1 aliphatic heterocycles. The molecule has 0 bridgehead atoms. The van der Waals surface area contributed by atoms with E-state index in [0.717, 1.165) is 19.0 Å². The highest BCUT2D eigenvalue weighted by molar-refractivity contribution is 5.31. The molecule has 1 atom stereocenters. The number of aliphatic hydroxyl groups is 1. The Kier molecular flexibility index (Phi) is 3.13. The smallest absolute Gasteiger partial charge is 0.225 e. The number of anilines is 1. The van der Waals surface area contributed by atoms with Gasteiger partial charge < -0.3 is 15.7 Å². The van der Waals surface area contributed by atoms with E-state index >= 15 is 0 Å². The highest BCUT2D eigenvalue weighted by Crippen LogP contribution is 2.16. The number of hydrogen-bond donors (Lipinski definition) is 2. The molecule has 5 heteroatoms. The van der Waals surface area contributed by atoms with Crippen molar-refractivity contribution in [1.82, 2.24) is 9.97 Å². The van der Waals surface area contributed by atoms with Gasteiger partial charge in [-0.25, -0.2) is 9.97 Å². The van der Waals surface area contributed by atoms with Gasteiger partial charge in [0.05, 0.1) is 6.10 Å². The van der Waals surface area contributed by atoms with Crippen molar-refractivity contribution in [3.8, 4) is 0 Å². The number of rotatable bonds is 3. The predicted octanol–water partition coefficient (Wildman–Crippen LogP) is 0.0689. The Hall–Kier alpha value is -1.20. The monoisotopic (exact) mass is 208 g/mol. The zero-order valence-corrected chi connectivity index (χ0v) is 8.63. The first kappa shape index (κ1) is 10.3. The SMILES string of the molecule is NCC(O)c1cnc(N2CCCC2)nc1. The number of nitrogens with zero attached hydrogens (tertiary/aromatic N) is 3. The van der Waals surface area contributed by atoms with E-state index in [-0.39, 0.29) is 6.54 Å². The maximum absolute atomic E-state index is 9.47. The standard InChI is InChI=1S/C10H16N4O/c11-5-9(15)8-6-12-10(13-7-8)14-3-1-2-4-14/h6-7,9,15H,1-5,11H2. The van der Waals surface area contributed by atoms with E-state index in [4.69, 9.17) is 5.73 Å². The van der Waals surface area contributed by atoms with Crippen LogP contribution in [-0.2, 0) is 0 Å². The average Bonchev–Trinajstić information content (AvgIpc) is 2.82. The Morgan fingerprint density at radius 2 is 1.93 bits per heavy atom. The minimum absolute atomic E-state index is 0.201. The fraction of sp³-hybridized carbons (Fsp3) is 0.600. The molecule has 1 unspecified atom stereocenters. The fourth-order valence-electron chi connectivity index (χ4n) is 1.72. The van der Waals surface area contributed by atoms with E-state index in [9.17, 15) is 5.11 Å². The minimum atomic E-state index is -0.655. The lowest BCUT2D eigenvalue weighted by molar-refractivity contribution is 0.186. The van der Waals surface area contributed by atoms with Gasteiger partial charge in [0.15, 0.2) is 0 Å². The molecule has 0 radical (unpaired) electrons. The molecule has 0 spiro atoms. The van der Waals surface area contributed by atoms with Gasteiger partial charge in [0.1, 0.15) is 0 Å². The van der Waals surface area contributed by atoms with Crippen molar-refractivity contribution < 1.29 is 5.11 Å². The number of hydrogen-bond acceptors (Lipinski definition) is 5. The van der Waals surface area contributed by atoms with Crippen LogP contribution in [0.25, 0.3) is 0 Å². The quantitative estimate of drug-likeness (QED) is 0.735. The number of aliphatic hydroxyl groups excluding tert-OH is 1. The van der Waals surface area contributed by atoms with Crippen LogP contribution in [0.5, 0.6) is 0 Å². The molecule has 1 fully saturated rings. The van der Waals surface area contributed by atoms with Gasteiger partial charge in [-0.1, -0.05) is 0 Å². The van der Waals surface area contributed by atoms with Crippen LogP contribution in [0.15, 0.2) is 12.4 Å². The summed E-state index contributed by atoms with van der Waals surface area (Å²) in [6, 6.07) is 0. The van der Waals surface area contributed by atoms with Crippen LogP contribution in [0, 0.1) is 0 Å². The molecule has 0 amide bonds. The summed E-state index contributed by atoms with van der Waals surface area (Å²) in [5.74, 6) is 0.750. The molecule has 1 aromatic rings. The lowest BCUT2D eigenvalue weighted by atomic mass is 10.2. The van der Waals surface area contributed by atoms with Crippen molar-refractivity contribution in [3.05, 3.63) is 18.0 Å². The molecule has 1 aliphatic rings. The van der Waals surface area contributed by atoms with Crippen LogP contribution in [0.3, 0.4) is 0 Å². The summed E-state index contributed by atoms with van der Waals surface area (Å²) in [5.41, 5.74) is 6.03. The molecular formula is C10H16N4O. The van der Waals surface area contributed by atoms with E-state index in [1.807, 2.05) is 0 Å². The molecule has 3 N–H and O–H groups in total. The van der Waals surface area contributed by atoms with Gasteiger partial charge in [0, 0.05) is 37.6 Å². The first-order chi connectivity index (χ1) is 7.31. The molecule has 5 nitrogen and oxygen atoms in total. The summed E-state index contributed by atoms with van der Waals surface area (Å²) < 4.78 is 0. The van der Waals surface area contributed by atoms with Crippen LogP contribution in [0.4, 0.5) is 5.95 Å². The molecule has 0 saturated carbocycles. The molecule has 0 aromatic carbocycles. The zero-order valence-electron chi connectivity index (χ0n) is 8.63. The van der Waals surface area contributed by atoms with Crippen molar-refractivity contribution >= 4 is 5.95 Å². The maximum Gasteiger partial charge on any atom is 0.225 e. The Bertz CT molecular complexity index is 308. The summed E-state index contributed by atoms with van der Waals surface area (Å²) in [7, 11) is 0. The third-order valence-corrected chi connectivity index (χ3v) is 2.66. The van der Waals surface area contributed by atoms with Crippen LogP contribution in [0.1, 0.15) is 24.5 Å². The second-order valence-corrected chi connectivity index (χ2v) is 3.76. The molecule has 1 aromatic heterocycles. The summed E-state index contributed by atoms with van der Waals surface area (Å²) >= 11 is 0. The van der Waals surface area contributed by atoms with Crippen molar-refractivity contribution in [2.24, 2.45) is 5.73 Å². The zero-order chi connectivity index (χ0) is 10.7. The van der Waals surface area contributed by atoms with Crippen molar-refractivity contribution in [2.45, 2.75) is 18.9 Å². The van der Waals surface area contributed by atoms with E-state index < -0.39 is 6.10 Å². The summed E-state index contributed by atoms with van der Waals surface area (Å²) in [6.45, 7) is 2.25. The lowest BCUT2D eigenvalue weighted by Gasteiger charge is -2.15. The van der Waals surface area contributed by atoms with Gasteiger partial charge in [-0.3, -0.25) is 0 Å². The normalized spacial score (nSPS) is 18.1. The molecule has 0 aliphatic carbocycles. The largest absolute Gasteiger partial charge is 0.387 e. The van der Waals surface area contributed by atoms with Gasteiger partial charge in [-0.2, -0.15) is 0 Å². The van der Waals surface area contributed by atoms with Gasteiger partial charge in [0.2, 0.25) is 5.95 Å². The third-order valence-electron chi connectivity index (χ3n) is 2.66. The molecule has 2 heterocycles. The summed E-state index contributed by atoms with van der Waals surface area (Å²) in [5, 5.41) is 9.47. The molecular weight excluding hydrogens is 192 g/mol. The average molecular weight is 208 g/mol. The Labute approximate surface area is 88.9 Å². The van der Waals surface area contributed by atoms with Crippen molar-refractivity contribution in [1.29, 1.82) is 0 Å². The van der Waals surface area contributed by atoms with Gasteiger partial charge in [0.25, 0.3) is 0 Å². The van der Waals surface area contributed by atoms with Crippen LogP contribution in [-0.4, -0.2) is 34.7 Å². The van der Waals surface area contributed by atoms with Crippen LogP contribution >= 0.6 is 0 Å². The first-order valence-corrected chi connectivity index (χ1v) is 5.26. The maximum atomic E-state index is 9.47. The Balaban J connectivity index is 2.09. The van der Waals surface area contributed by atoms with E-state index in [1.54, 1.807) is 12.4 Å². The second kappa shape index (κ2) is 4.55. The predicted molar refractivity (Wildman–Crippen MR) is 57.5 cm³/mol. The second-order valence-electron chi connectivity index (χ2n) is 3.76. The fourth-order valence-corrected chi connectivity index (χ4v) is 1.72. The highest BCUT2D eigenvalue weighted by atomic mass is 16.3. The Morgan fingerprint density at radius 3 is 2.47 bits per heavy atom. The van der Waals surface area contributed by atoms with Crippen LogP contribution < -0.4 is 10.6 Å². The van der Waals surface area contributed by atoms with Crippen molar-refractivity contribution in [3.63, 3.8) is 0 Å². The highest BCUT2D eigenvalue weighted by Gasteiger charge is 2.15. The molecule has 15 heavy (non-hydrogen) atoms. The number of nitrogens with two attached hydrogens (primary N) is 1. The van der Waals surface area contributed by atoms with Crippen molar-refractivity contribution in [2.75, 3.05) is 24.5 Å². The topological polar surface area (TPSA) is 75.3 Å². The summed E-state index contributed by atoms with van der Waals surface area (Å²) in [4.78, 5) is 10.6. The summed E-state index contributed by atoms with van der Waals surface area (Å²) in [6.07, 6.45) is 5.06. The minimum Gasteiger partial charge on any atom is -0.387 e. The molecule has 82 valence electrons. The van der Waals surface area contributed by atoms with Crippen LogP contribution in [0.2, 0.25) is 0 Å². The Morgan fingerprint density at radius 1 is 1.33 bits per heavy atom. The number of aromatic nitrogens is 2. The molecule has 2 rings (SSSR count). The van der Waals surface area contributed by atoms with Gasteiger partial charge >= 0.3 is 0 Å². The lowest BCUT2D eigenvalue weighted by Crippen LogP contribution is -2.21. The van der Waals surface area contributed by atoms with E-state index in [0.29, 0.717) is 5.56 Å². The third kappa shape index (κ3) is 2.24.